The van der Waals surface area contributed by atoms with Crippen LogP contribution in [0.4, 0.5) is 0 Å². The fourth-order valence-corrected chi connectivity index (χ4v) is 2.47. The van der Waals surface area contributed by atoms with Crippen molar-refractivity contribution in [2.45, 2.75) is 101 Å². The maximum Gasteiger partial charge on any atom is 0 e. The molecule has 1 radical (unpaired) electrons. The fraction of sp³-hybridized carbons (Fsp3) is 0.680. The molecule has 0 amide bonds. The van der Waals surface area contributed by atoms with Crippen LogP contribution >= 0.6 is 0 Å². The fourth-order valence-electron chi connectivity index (χ4n) is 2.47. The normalized spacial score (nSPS) is 14.7. The Labute approximate surface area is 178 Å². The van der Waals surface area contributed by atoms with Crippen molar-refractivity contribution in [1.82, 2.24) is 0 Å². The zero-order valence-corrected chi connectivity index (χ0v) is 20.5. The summed E-state index contributed by atoms with van der Waals surface area (Å²) in [5.74, 6) is 0.596. The maximum absolute atomic E-state index is 3.60. The van der Waals surface area contributed by atoms with Crippen LogP contribution in [-0.2, 0) is 19.5 Å². The van der Waals surface area contributed by atoms with Gasteiger partial charge < -0.3 is 6.08 Å². The van der Waals surface area contributed by atoms with Gasteiger partial charge in [0.25, 0.3) is 0 Å². The SMILES string of the molecule is CC(=[C-]CC(C)(C)C)C(C)C/C=C(\C)CC/C=C(\C)CCC=C(C)C.[Rh]. The molecule has 1 heteroatoms. The molecule has 0 saturated heterocycles. The summed E-state index contributed by atoms with van der Waals surface area (Å²) in [5.41, 5.74) is 6.21. The molecule has 0 nitrogen and oxygen atoms in total. The standard InChI is InChI=1S/C25H43.Rh/c1-20(2)12-10-13-21(3)14-11-15-22(4)16-17-23(5)24(6)18-19-25(7,8)9;/h12,14,16,23H,10-11,13,15,17,19H2,1-9H3;/q-1;/b21-14+,22-16+;. The second kappa shape index (κ2) is 14.6. The van der Waals surface area contributed by atoms with E-state index in [0.717, 1.165) is 12.8 Å². The molecule has 0 bridgehead atoms. The Kier molecular flexibility index (Phi) is 15.6. The van der Waals surface area contributed by atoms with Crippen molar-refractivity contribution in [3.8, 4) is 0 Å². The van der Waals surface area contributed by atoms with Crippen LogP contribution in [-0.4, -0.2) is 0 Å². The van der Waals surface area contributed by atoms with Gasteiger partial charge in [-0.1, -0.05) is 80.9 Å². The second-order valence-electron chi connectivity index (χ2n) is 9.19. The van der Waals surface area contributed by atoms with E-state index in [1.54, 1.807) is 0 Å². The van der Waals surface area contributed by atoms with Crippen LogP contribution in [0, 0.1) is 17.4 Å². The van der Waals surface area contributed by atoms with E-state index in [2.05, 4.69) is 86.6 Å². The number of allylic oxidation sites excluding steroid dienone is 8. The predicted octanol–water partition coefficient (Wildman–Crippen LogP) is 8.61. The molecule has 0 aromatic heterocycles. The van der Waals surface area contributed by atoms with Crippen molar-refractivity contribution in [3.63, 3.8) is 0 Å². The Morgan fingerprint density at radius 2 is 1.35 bits per heavy atom. The quantitative estimate of drug-likeness (QED) is 0.179. The van der Waals surface area contributed by atoms with Gasteiger partial charge in [0.15, 0.2) is 0 Å². The zero-order valence-electron chi connectivity index (χ0n) is 18.9. The minimum Gasteiger partial charge on any atom is -0.497 e. The van der Waals surface area contributed by atoms with Gasteiger partial charge in [-0.05, 0) is 59.8 Å². The summed E-state index contributed by atoms with van der Waals surface area (Å²) in [7, 11) is 0. The van der Waals surface area contributed by atoms with Gasteiger partial charge in [-0.2, -0.15) is 6.42 Å². The molecular formula is C25H43Rh-. The van der Waals surface area contributed by atoms with Crippen molar-refractivity contribution in [3.05, 3.63) is 46.6 Å². The molecule has 26 heavy (non-hydrogen) atoms. The molecule has 0 heterocycles. The van der Waals surface area contributed by atoms with Crippen molar-refractivity contribution in [2.24, 2.45) is 11.3 Å². The summed E-state index contributed by atoms with van der Waals surface area (Å²) in [5, 5.41) is 0. The summed E-state index contributed by atoms with van der Waals surface area (Å²) in [6.07, 6.45) is 17.7. The van der Waals surface area contributed by atoms with E-state index < -0.39 is 0 Å². The minimum atomic E-state index is 0. The zero-order chi connectivity index (χ0) is 19.5. The largest absolute Gasteiger partial charge is 0.497 e. The van der Waals surface area contributed by atoms with Crippen LogP contribution in [0.25, 0.3) is 0 Å². The molecule has 0 aliphatic rings. The van der Waals surface area contributed by atoms with Crippen molar-refractivity contribution < 1.29 is 19.5 Å². The van der Waals surface area contributed by atoms with Gasteiger partial charge in [0.05, 0.1) is 0 Å². The van der Waals surface area contributed by atoms with E-state index in [4.69, 9.17) is 0 Å². The Morgan fingerprint density at radius 3 is 1.85 bits per heavy atom. The molecule has 0 aromatic carbocycles. The molecule has 0 rings (SSSR count). The third-order valence-electron chi connectivity index (χ3n) is 4.58. The number of hydrogen-bond acceptors (Lipinski definition) is 0. The van der Waals surface area contributed by atoms with Crippen LogP contribution in [0.1, 0.15) is 101 Å². The van der Waals surface area contributed by atoms with Gasteiger partial charge in [0.1, 0.15) is 0 Å². The third kappa shape index (κ3) is 17.0. The first-order chi connectivity index (χ1) is 11.5. The Hall–Kier alpha value is -0.417. The van der Waals surface area contributed by atoms with Crippen molar-refractivity contribution in [2.75, 3.05) is 0 Å². The average Bonchev–Trinajstić information content (AvgIpc) is 2.49. The summed E-state index contributed by atoms with van der Waals surface area (Å²) < 4.78 is 0. The van der Waals surface area contributed by atoms with E-state index >= 15 is 0 Å². The molecule has 0 N–H and O–H groups in total. The average molecular weight is 447 g/mol. The maximum atomic E-state index is 3.60. The minimum absolute atomic E-state index is 0. The van der Waals surface area contributed by atoms with Gasteiger partial charge >= 0.3 is 0 Å². The first-order valence-corrected chi connectivity index (χ1v) is 10.0. The van der Waals surface area contributed by atoms with E-state index in [-0.39, 0.29) is 19.5 Å². The van der Waals surface area contributed by atoms with E-state index in [1.165, 1.54) is 48.0 Å². The first-order valence-electron chi connectivity index (χ1n) is 10.0. The van der Waals surface area contributed by atoms with Gasteiger partial charge in [-0.3, -0.25) is 5.57 Å². The van der Waals surface area contributed by atoms with Crippen LogP contribution in [0.2, 0.25) is 0 Å². The van der Waals surface area contributed by atoms with Crippen LogP contribution in [0.5, 0.6) is 0 Å². The second-order valence-corrected chi connectivity index (χ2v) is 9.19. The molecule has 0 aliphatic carbocycles. The smallest absolute Gasteiger partial charge is 0 e. The summed E-state index contributed by atoms with van der Waals surface area (Å²) in [6, 6.07) is 0. The molecule has 0 fully saturated rings. The third-order valence-corrected chi connectivity index (χ3v) is 4.58. The van der Waals surface area contributed by atoms with Crippen LogP contribution in [0.15, 0.2) is 40.5 Å². The molecule has 0 spiro atoms. The first kappa shape index (κ1) is 27.8. The van der Waals surface area contributed by atoms with Crippen molar-refractivity contribution in [1.29, 1.82) is 0 Å². The number of hydrogen-bond donors (Lipinski definition) is 0. The Morgan fingerprint density at radius 1 is 0.846 bits per heavy atom. The van der Waals surface area contributed by atoms with Gasteiger partial charge in [-0.25, -0.2) is 0 Å². The Bertz CT molecular complexity index is 491. The van der Waals surface area contributed by atoms with Crippen LogP contribution < -0.4 is 0 Å². The molecular weight excluding hydrogens is 403 g/mol. The monoisotopic (exact) mass is 446 g/mol. The molecule has 0 aliphatic heterocycles. The predicted molar refractivity (Wildman–Crippen MR) is 116 cm³/mol. The molecule has 0 saturated carbocycles. The summed E-state index contributed by atoms with van der Waals surface area (Å²) in [4.78, 5) is 0. The van der Waals surface area contributed by atoms with Crippen molar-refractivity contribution >= 4 is 0 Å². The molecule has 0 aromatic rings. The van der Waals surface area contributed by atoms with E-state index in [9.17, 15) is 0 Å². The van der Waals surface area contributed by atoms with E-state index in [0.29, 0.717) is 11.3 Å². The van der Waals surface area contributed by atoms with Gasteiger partial charge in [0, 0.05) is 19.5 Å². The molecule has 153 valence electrons. The summed E-state index contributed by atoms with van der Waals surface area (Å²) in [6.45, 7) is 20.3. The summed E-state index contributed by atoms with van der Waals surface area (Å²) >= 11 is 0. The number of rotatable bonds is 10. The van der Waals surface area contributed by atoms with E-state index in [1.807, 2.05) is 0 Å². The topological polar surface area (TPSA) is 0 Å². The molecule has 1 atom stereocenters. The van der Waals surface area contributed by atoms with Gasteiger partial charge in [0.2, 0.25) is 0 Å². The Balaban J connectivity index is 0. The van der Waals surface area contributed by atoms with Gasteiger partial charge in [-0.15, -0.1) is 0 Å². The van der Waals surface area contributed by atoms with Crippen LogP contribution in [0.3, 0.4) is 0 Å². The molecule has 1 unspecified atom stereocenters.